The molecule has 0 saturated carbocycles. The van der Waals surface area contributed by atoms with Crippen molar-refractivity contribution in [2.24, 2.45) is 0 Å². The molecule has 25 heavy (non-hydrogen) atoms. The molecular weight excluding hydrogens is 340 g/mol. The molecule has 2 aromatic rings. The van der Waals surface area contributed by atoms with Gasteiger partial charge in [-0.05, 0) is 37.6 Å². The molecule has 0 radical (unpaired) electrons. The summed E-state index contributed by atoms with van der Waals surface area (Å²) in [5.41, 5.74) is 2.98. The van der Waals surface area contributed by atoms with E-state index in [0.717, 1.165) is 11.1 Å². The number of benzene rings is 2. The lowest BCUT2D eigenvalue weighted by Gasteiger charge is -2.12. The SMILES string of the molecule is COc1cc(Cl)c(C)cc1NC(=O)CCNC(=O)c1cccc(C)c1. The minimum atomic E-state index is -0.218. The second-order valence-electron chi connectivity index (χ2n) is 5.73. The number of amides is 2. The zero-order chi connectivity index (χ0) is 18.4. The average Bonchev–Trinajstić information content (AvgIpc) is 2.57. The Labute approximate surface area is 152 Å². The highest BCUT2D eigenvalue weighted by Crippen LogP contribution is 2.30. The molecule has 0 saturated heterocycles. The number of hydrogen-bond donors (Lipinski definition) is 2. The average molecular weight is 361 g/mol. The highest BCUT2D eigenvalue weighted by atomic mass is 35.5. The monoisotopic (exact) mass is 360 g/mol. The lowest BCUT2D eigenvalue weighted by atomic mass is 10.1. The van der Waals surface area contributed by atoms with Crippen LogP contribution in [0.1, 0.15) is 27.9 Å². The van der Waals surface area contributed by atoms with Gasteiger partial charge in [-0.3, -0.25) is 9.59 Å². The van der Waals surface area contributed by atoms with Crippen molar-refractivity contribution in [3.05, 3.63) is 58.1 Å². The first-order valence-electron chi connectivity index (χ1n) is 7.89. The molecule has 0 heterocycles. The predicted octanol–water partition coefficient (Wildman–Crippen LogP) is 3.72. The quantitative estimate of drug-likeness (QED) is 0.824. The van der Waals surface area contributed by atoms with Crippen molar-refractivity contribution in [3.8, 4) is 5.75 Å². The van der Waals surface area contributed by atoms with E-state index in [9.17, 15) is 9.59 Å². The summed E-state index contributed by atoms with van der Waals surface area (Å²) in [6.07, 6.45) is 0.155. The molecule has 0 spiro atoms. The van der Waals surface area contributed by atoms with Crippen molar-refractivity contribution >= 4 is 29.1 Å². The van der Waals surface area contributed by atoms with E-state index in [1.165, 1.54) is 7.11 Å². The smallest absolute Gasteiger partial charge is 0.251 e. The third-order valence-corrected chi connectivity index (χ3v) is 4.08. The minimum absolute atomic E-state index is 0.155. The standard InChI is InChI=1S/C19H21ClN2O3/c1-12-5-4-6-14(9-12)19(24)21-8-7-18(23)22-16-10-13(2)15(20)11-17(16)25-3/h4-6,9-11H,7-8H2,1-3H3,(H,21,24)(H,22,23). The largest absolute Gasteiger partial charge is 0.495 e. The van der Waals surface area contributed by atoms with Crippen LogP contribution in [-0.2, 0) is 4.79 Å². The second kappa shape index (κ2) is 8.53. The molecule has 2 aromatic carbocycles. The van der Waals surface area contributed by atoms with Crippen LogP contribution in [0.3, 0.4) is 0 Å². The van der Waals surface area contributed by atoms with Crippen molar-refractivity contribution in [3.63, 3.8) is 0 Å². The van der Waals surface area contributed by atoms with Gasteiger partial charge in [-0.1, -0.05) is 29.3 Å². The number of carbonyl (C=O) groups is 2. The normalized spacial score (nSPS) is 10.2. The summed E-state index contributed by atoms with van der Waals surface area (Å²) in [5, 5.41) is 6.09. The number of ether oxygens (including phenoxy) is 1. The molecule has 0 bridgehead atoms. The number of rotatable bonds is 6. The van der Waals surface area contributed by atoms with Crippen molar-refractivity contribution < 1.29 is 14.3 Å². The van der Waals surface area contributed by atoms with E-state index in [-0.39, 0.29) is 24.8 Å². The third kappa shape index (κ3) is 5.22. The fourth-order valence-electron chi connectivity index (χ4n) is 2.32. The van der Waals surface area contributed by atoms with E-state index < -0.39 is 0 Å². The summed E-state index contributed by atoms with van der Waals surface area (Å²) in [6.45, 7) is 4.01. The maximum atomic E-state index is 12.1. The summed E-state index contributed by atoms with van der Waals surface area (Å²) in [4.78, 5) is 24.1. The zero-order valence-corrected chi connectivity index (χ0v) is 15.2. The number of nitrogens with one attached hydrogen (secondary N) is 2. The van der Waals surface area contributed by atoms with Crippen molar-refractivity contribution in [1.29, 1.82) is 0 Å². The first kappa shape index (κ1) is 18.8. The van der Waals surface area contributed by atoms with Crippen molar-refractivity contribution in [2.45, 2.75) is 20.3 Å². The first-order valence-corrected chi connectivity index (χ1v) is 8.27. The van der Waals surface area contributed by atoms with E-state index in [4.69, 9.17) is 16.3 Å². The molecule has 0 atom stereocenters. The van der Waals surface area contributed by atoms with Gasteiger partial charge in [0.25, 0.3) is 5.91 Å². The van der Waals surface area contributed by atoms with Crippen LogP contribution in [0.4, 0.5) is 5.69 Å². The molecule has 0 aliphatic rings. The van der Waals surface area contributed by atoms with E-state index in [1.807, 2.05) is 26.0 Å². The second-order valence-corrected chi connectivity index (χ2v) is 6.13. The Morgan fingerprint density at radius 2 is 1.92 bits per heavy atom. The van der Waals surface area contributed by atoms with E-state index in [2.05, 4.69) is 10.6 Å². The minimum Gasteiger partial charge on any atom is -0.495 e. The van der Waals surface area contributed by atoms with Gasteiger partial charge < -0.3 is 15.4 Å². The summed E-state index contributed by atoms with van der Waals surface area (Å²) in [5.74, 6) is 0.0775. The molecule has 2 amide bonds. The predicted molar refractivity (Wildman–Crippen MR) is 99.5 cm³/mol. The van der Waals surface area contributed by atoms with Gasteiger partial charge in [0.05, 0.1) is 12.8 Å². The van der Waals surface area contributed by atoms with Gasteiger partial charge in [0.15, 0.2) is 0 Å². The van der Waals surface area contributed by atoms with Crippen LogP contribution in [-0.4, -0.2) is 25.5 Å². The Morgan fingerprint density at radius 3 is 2.60 bits per heavy atom. The first-order chi connectivity index (χ1) is 11.9. The molecule has 0 aromatic heterocycles. The number of hydrogen-bond acceptors (Lipinski definition) is 3. The van der Waals surface area contributed by atoms with Gasteiger partial charge in [0, 0.05) is 29.6 Å². The highest BCUT2D eigenvalue weighted by Gasteiger charge is 2.11. The molecule has 132 valence electrons. The Balaban J connectivity index is 1.89. The molecule has 2 N–H and O–H groups in total. The van der Waals surface area contributed by atoms with Gasteiger partial charge in [-0.15, -0.1) is 0 Å². The van der Waals surface area contributed by atoms with Crippen LogP contribution in [0.25, 0.3) is 0 Å². The molecular formula is C19H21ClN2O3. The summed E-state index contributed by atoms with van der Waals surface area (Å²) < 4.78 is 5.22. The van der Waals surface area contributed by atoms with Gasteiger partial charge in [-0.25, -0.2) is 0 Å². The number of anilines is 1. The highest BCUT2D eigenvalue weighted by molar-refractivity contribution is 6.31. The van der Waals surface area contributed by atoms with Crippen molar-refractivity contribution in [1.82, 2.24) is 5.32 Å². The fourth-order valence-corrected chi connectivity index (χ4v) is 2.47. The number of methoxy groups -OCH3 is 1. The molecule has 0 aliphatic carbocycles. The Kier molecular flexibility index (Phi) is 6.42. The number of halogens is 1. The molecule has 0 aliphatic heterocycles. The fraction of sp³-hybridized carbons (Fsp3) is 0.263. The summed E-state index contributed by atoms with van der Waals surface area (Å²) in [7, 11) is 1.51. The Morgan fingerprint density at radius 1 is 1.16 bits per heavy atom. The number of aryl methyl sites for hydroxylation is 2. The maximum absolute atomic E-state index is 12.1. The van der Waals surface area contributed by atoms with Gasteiger partial charge in [0.1, 0.15) is 5.75 Å². The summed E-state index contributed by atoms with van der Waals surface area (Å²) >= 11 is 6.05. The third-order valence-electron chi connectivity index (χ3n) is 3.67. The topological polar surface area (TPSA) is 67.4 Å². The molecule has 5 nitrogen and oxygen atoms in total. The molecule has 0 fully saturated rings. The van der Waals surface area contributed by atoms with E-state index in [1.54, 1.807) is 24.3 Å². The molecule has 6 heteroatoms. The zero-order valence-electron chi connectivity index (χ0n) is 14.5. The maximum Gasteiger partial charge on any atom is 0.251 e. The van der Waals surface area contributed by atoms with Crippen molar-refractivity contribution in [2.75, 3.05) is 19.0 Å². The van der Waals surface area contributed by atoms with E-state index >= 15 is 0 Å². The number of carbonyl (C=O) groups excluding carboxylic acids is 2. The molecule has 0 unspecified atom stereocenters. The Hall–Kier alpha value is -2.53. The van der Waals surface area contributed by atoms with Crippen LogP contribution in [0, 0.1) is 13.8 Å². The van der Waals surface area contributed by atoms with Gasteiger partial charge >= 0.3 is 0 Å². The lowest BCUT2D eigenvalue weighted by molar-refractivity contribution is -0.116. The van der Waals surface area contributed by atoms with Gasteiger partial charge in [0.2, 0.25) is 5.91 Å². The lowest BCUT2D eigenvalue weighted by Crippen LogP contribution is -2.27. The van der Waals surface area contributed by atoms with Crippen LogP contribution in [0.2, 0.25) is 5.02 Å². The molecule has 2 rings (SSSR count). The van der Waals surface area contributed by atoms with Gasteiger partial charge in [-0.2, -0.15) is 0 Å². The van der Waals surface area contributed by atoms with Crippen LogP contribution in [0.15, 0.2) is 36.4 Å². The van der Waals surface area contributed by atoms with E-state index in [0.29, 0.717) is 22.0 Å². The Bertz CT molecular complexity index is 790. The summed E-state index contributed by atoms with van der Waals surface area (Å²) in [6, 6.07) is 10.7. The van der Waals surface area contributed by atoms with Crippen LogP contribution in [0.5, 0.6) is 5.75 Å². The van der Waals surface area contributed by atoms with Crippen LogP contribution >= 0.6 is 11.6 Å². The van der Waals surface area contributed by atoms with Crippen LogP contribution < -0.4 is 15.4 Å².